The third-order valence-corrected chi connectivity index (χ3v) is 1.95. The highest BCUT2D eigenvalue weighted by atomic mass is 32.2. The lowest BCUT2D eigenvalue weighted by Crippen LogP contribution is -2.37. The van der Waals surface area contributed by atoms with Gasteiger partial charge in [0.25, 0.3) is 0 Å². The molecule has 0 aromatic carbocycles. The Balaban J connectivity index is 3.13. The average Bonchev–Trinajstić information content (AvgIpc) is 2.30. The maximum atomic E-state index is 10.8. The molecular weight excluding hydrogens is 152 g/mol. The molecule has 5 heteroatoms. The molecule has 0 saturated carbocycles. The summed E-state index contributed by atoms with van der Waals surface area (Å²) in [5.41, 5.74) is -0.297. The summed E-state index contributed by atoms with van der Waals surface area (Å²) >= 11 is 1.38. The molecule has 56 valence electrons. The van der Waals surface area contributed by atoms with Gasteiger partial charge >= 0.3 is 10.7 Å². The molecule has 0 aliphatic heterocycles. The smallest absolute Gasteiger partial charge is 0.282 e. The number of rotatable bonds is 2. The van der Waals surface area contributed by atoms with E-state index in [2.05, 4.69) is 9.79 Å². The summed E-state index contributed by atoms with van der Waals surface area (Å²) in [7, 11) is 0. The molecule has 1 rings (SSSR count). The highest BCUT2D eigenvalue weighted by Gasteiger charge is 2.16. The van der Waals surface area contributed by atoms with Crippen molar-refractivity contribution in [2.75, 3.05) is 6.26 Å². The van der Waals surface area contributed by atoms with E-state index in [9.17, 15) is 4.79 Å². The Morgan fingerprint density at radius 3 is 2.90 bits per heavy atom. The van der Waals surface area contributed by atoms with E-state index in [0.29, 0.717) is 5.03 Å². The molecule has 1 aromatic heterocycles. The largest absolute Gasteiger partial charge is 0.441 e. The maximum Gasteiger partial charge on any atom is 0.441 e. The second-order valence-electron chi connectivity index (χ2n) is 1.73. The van der Waals surface area contributed by atoms with Crippen molar-refractivity contribution in [3.63, 3.8) is 0 Å². The van der Waals surface area contributed by atoms with Crippen LogP contribution < -0.4 is 10.3 Å². The van der Waals surface area contributed by atoms with Gasteiger partial charge in [0.15, 0.2) is 6.54 Å². The van der Waals surface area contributed by atoms with E-state index in [1.807, 2.05) is 13.2 Å². The molecule has 0 spiro atoms. The van der Waals surface area contributed by atoms with Crippen LogP contribution in [0, 0.1) is 0 Å². The van der Waals surface area contributed by atoms with Gasteiger partial charge in [0.2, 0.25) is 0 Å². The number of nitrogens with zero attached hydrogens (tertiary/aromatic N) is 1. The summed E-state index contributed by atoms with van der Waals surface area (Å²) in [6.07, 6.45) is 1.84. The molecule has 0 aliphatic carbocycles. The second kappa shape index (κ2) is 2.92. The first-order valence-electron chi connectivity index (χ1n) is 2.95. The Labute approximate surface area is 62.2 Å². The number of thioether (sulfide) groups is 1. The van der Waals surface area contributed by atoms with Crippen LogP contribution in [0.1, 0.15) is 6.92 Å². The molecule has 4 nitrogen and oxygen atoms in total. The van der Waals surface area contributed by atoms with Crippen LogP contribution in [0.25, 0.3) is 0 Å². The van der Waals surface area contributed by atoms with E-state index in [1.54, 1.807) is 4.68 Å². The quantitative estimate of drug-likeness (QED) is 0.490. The molecule has 0 atom stereocenters. The molecule has 1 N–H and O–H groups in total. The van der Waals surface area contributed by atoms with Crippen molar-refractivity contribution >= 4 is 11.8 Å². The van der Waals surface area contributed by atoms with E-state index >= 15 is 0 Å². The lowest BCUT2D eigenvalue weighted by molar-refractivity contribution is -0.790. The molecule has 0 aliphatic rings. The van der Waals surface area contributed by atoms with Crippen molar-refractivity contribution < 1.29 is 9.20 Å². The Kier molecular flexibility index (Phi) is 2.16. The molecule has 0 unspecified atom stereocenters. The lowest BCUT2D eigenvalue weighted by Gasteiger charge is -1.81. The van der Waals surface area contributed by atoms with Crippen LogP contribution >= 0.6 is 11.8 Å². The zero-order valence-corrected chi connectivity index (χ0v) is 6.70. The zero-order chi connectivity index (χ0) is 7.56. The third kappa shape index (κ3) is 1.09. The van der Waals surface area contributed by atoms with Crippen molar-refractivity contribution in [3.8, 4) is 0 Å². The molecule has 0 radical (unpaired) electrons. The van der Waals surface area contributed by atoms with Crippen LogP contribution in [-0.2, 0) is 6.54 Å². The minimum Gasteiger partial charge on any atom is -0.282 e. The first-order chi connectivity index (χ1) is 4.79. The van der Waals surface area contributed by atoms with Gasteiger partial charge < -0.3 is 0 Å². The number of aromatic nitrogens is 2. The van der Waals surface area contributed by atoms with E-state index in [4.69, 9.17) is 0 Å². The Hall–Kier alpha value is -0.710. The summed E-state index contributed by atoms with van der Waals surface area (Å²) in [6.45, 7) is 2.66. The van der Waals surface area contributed by atoms with Crippen LogP contribution in [0.5, 0.6) is 0 Å². The van der Waals surface area contributed by atoms with E-state index in [1.165, 1.54) is 11.8 Å². The molecule has 0 bridgehead atoms. The van der Waals surface area contributed by atoms with E-state index < -0.39 is 0 Å². The summed E-state index contributed by atoms with van der Waals surface area (Å²) in [6, 6.07) is 0. The van der Waals surface area contributed by atoms with Gasteiger partial charge in [-0.05, 0) is 18.5 Å². The van der Waals surface area contributed by atoms with Crippen molar-refractivity contribution in [1.82, 2.24) is 5.27 Å². The predicted octanol–water partition coefficient (Wildman–Crippen LogP) is -0.00280. The molecule has 0 fully saturated rings. The molecule has 1 aromatic rings. The summed E-state index contributed by atoms with van der Waals surface area (Å²) in [5.74, 6) is 0. The molecule has 0 amide bonds. The fourth-order valence-electron chi connectivity index (χ4n) is 0.694. The summed E-state index contributed by atoms with van der Waals surface area (Å²) in [4.78, 5) is 10.8. The Morgan fingerprint density at radius 2 is 2.50 bits per heavy atom. The van der Waals surface area contributed by atoms with Crippen LogP contribution in [-0.4, -0.2) is 11.5 Å². The van der Waals surface area contributed by atoms with Crippen molar-refractivity contribution in [2.45, 2.75) is 18.5 Å². The van der Waals surface area contributed by atoms with Gasteiger partial charge in [-0.1, -0.05) is 16.4 Å². The fraction of sp³-hybridized carbons (Fsp3) is 0.600. The standard InChI is InChI=1S/C5H8N2O2S/c1-3-7-4(10-2)5(8)9-6-7/h3H2,1-2H3/p+1. The highest BCUT2D eigenvalue weighted by Crippen LogP contribution is 2.00. The van der Waals surface area contributed by atoms with Crippen molar-refractivity contribution in [1.29, 1.82) is 0 Å². The molecule has 10 heavy (non-hydrogen) atoms. The van der Waals surface area contributed by atoms with Gasteiger partial charge in [0.05, 0.1) is 0 Å². The van der Waals surface area contributed by atoms with Crippen LogP contribution in [0.4, 0.5) is 0 Å². The molecule has 0 saturated heterocycles. The van der Waals surface area contributed by atoms with Gasteiger partial charge in [0.1, 0.15) is 0 Å². The minimum absolute atomic E-state index is 0.297. The van der Waals surface area contributed by atoms with E-state index in [-0.39, 0.29) is 5.63 Å². The van der Waals surface area contributed by atoms with Crippen molar-refractivity contribution in [3.05, 3.63) is 10.4 Å². The highest BCUT2D eigenvalue weighted by molar-refractivity contribution is 7.98. The predicted molar refractivity (Wildman–Crippen MR) is 37.0 cm³/mol. The Bertz CT molecular complexity index is 265. The average molecular weight is 161 g/mol. The topological polar surface area (TPSA) is 49.9 Å². The van der Waals surface area contributed by atoms with Gasteiger partial charge in [-0.2, -0.15) is 0 Å². The van der Waals surface area contributed by atoms with Crippen LogP contribution in [0.3, 0.4) is 0 Å². The van der Waals surface area contributed by atoms with Gasteiger partial charge in [0, 0.05) is 0 Å². The fourth-order valence-corrected chi connectivity index (χ4v) is 1.29. The number of nitrogens with one attached hydrogen (secondary N) is 1. The molecular formula is C5H9N2O2S+. The van der Waals surface area contributed by atoms with Crippen LogP contribution in [0.15, 0.2) is 14.3 Å². The zero-order valence-electron chi connectivity index (χ0n) is 5.88. The summed E-state index contributed by atoms with van der Waals surface area (Å²) in [5, 5.41) is 3.10. The van der Waals surface area contributed by atoms with Gasteiger partial charge in [-0.15, -0.1) is 0 Å². The number of H-pyrrole nitrogens is 1. The second-order valence-corrected chi connectivity index (χ2v) is 2.53. The van der Waals surface area contributed by atoms with Gasteiger partial charge in [-0.25, -0.2) is 4.79 Å². The number of aryl methyl sites for hydroxylation is 1. The van der Waals surface area contributed by atoms with Gasteiger partial charge in [-0.3, -0.25) is 4.52 Å². The minimum atomic E-state index is -0.297. The first-order valence-corrected chi connectivity index (χ1v) is 4.17. The monoisotopic (exact) mass is 161 g/mol. The number of hydrogen-bond donors (Lipinski definition) is 1. The van der Waals surface area contributed by atoms with Crippen LogP contribution in [0.2, 0.25) is 0 Å². The third-order valence-electron chi connectivity index (χ3n) is 1.18. The SMILES string of the molecule is CC[n+]1[nH]oc(=O)c1SC. The first kappa shape index (κ1) is 7.40. The Morgan fingerprint density at radius 1 is 1.80 bits per heavy atom. The maximum absolute atomic E-state index is 10.8. The molecule has 1 heterocycles. The number of aromatic amines is 1. The van der Waals surface area contributed by atoms with Crippen molar-refractivity contribution in [2.24, 2.45) is 0 Å². The van der Waals surface area contributed by atoms with E-state index in [0.717, 1.165) is 6.54 Å². The number of hydrogen-bond acceptors (Lipinski definition) is 3. The lowest BCUT2D eigenvalue weighted by atomic mass is 10.7. The summed E-state index contributed by atoms with van der Waals surface area (Å²) < 4.78 is 6.20. The normalized spacial score (nSPS) is 10.2.